The number of hydrogen-bond acceptors (Lipinski definition) is 6. The van der Waals surface area contributed by atoms with E-state index in [-0.39, 0.29) is 61.2 Å². The van der Waals surface area contributed by atoms with E-state index >= 15 is 0 Å². The third-order valence-electron chi connectivity index (χ3n) is 4.50. The van der Waals surface area contributed by atoms with E-state index in [1.807, 2.05) is 0 Å². The van der Waals surface area contributed by atoms with Gasteiger partial charge in [0.15, 0.2) is 0 Å². The molecule has 0 aliphatic rings. The first-order valence-corrected chi connectivity index (χ1v) is 10.2. The molecule has 30 heavy (non-hydrogen) atoms. The summed E-state index contributed by atoms with van der Waals surface area (Å²) in [6, 6.07) is -1.71. The van der Waals surface area contributed by atoms with E-state index in [9.17, 15) is 29.1 Å². The SMILES string of the molecule is C=C(O)C(CCC(C)=O)NC(=O)CCCCCCC(=O)NC(CCC(C)=O)C(=O)O. The van der Waals surface area contributed by atoms with E-state index in [2.05, 4.69) is 17.2 Å². The van der Waals surface area contributed by atoms with Crippen LogP contribution in [-0.4, -0.2) is 51.6 Å². The summed E-state index contributed by atoms with van der Waals surface area (Å²) >= 11 is 0. The number of carboxylic acids is 1. The summed E-state index contributed by atoms with van der Waals surface area (Å²) in [5.74, 6) is -2.13. The molecule has 0 saturated heterocycles. The number of amides is 2. The Morgan fingerprint density at radius 1 is 0.700 bits per heavy atom. The predicted octanol–water partition coefficient (Wildman–Crippen LogP) is 2.19. The Bertz CT molecular complexity index is 577. The molecule has 0 aromatic rings. The number of carbonyl (C=O) groups excluding carboxylic acids is 4. The Balaban J connectivity index is 4.03. The van der Waals surface area contributed by atoms with Crippen LogP contribution in [0.2, 0.25) is 0 Å². The van der Waals surface area contributed by atoms with Gasteiger partial charge in [0, 0.05) is 25.7 Å². The molecule has 0 saturated carbocycles. The summed E-state index contributed by atoms with van der Waals surface area (Å²) in [7, 11) is 0. The fourth-order valence-electron chi connectivity index (χ4n) is 2.73. The second-order valence-electron chi connectivity index (χ2n) is 7.47. The molecule has 4 N–H and O–H groups in total. The van der Waals surface area contributed by atoms with Crippen LogP contribution in [0.25, 0.3) is 0 Å². The molecule has 0 radical (unpaired) electrons. The highest BCUT2D eigenvalue weighted by molar-refractivity contribution is 5.84. The molecular weight excluding hydrogens is 392 g/mol. The van der Waals surface area contributed by atoms with Crippen molar-refractivity contribution in [1.29, 1.82) is 0 Å². The zero-order chi connectivity index (χ0) is 23.1. The number of carbonyl (C=O) groups is 5. The van der Waals surface area contributed by atoms with Gasteiger partial charge in [-0.15, -0.1) is 0 Å². The van der Waals surface area contributed by atoms with Gasteiger partial charge < -0.3 is 30.4 Å². The molecule has 2 amide bonds. The maximum absolute atomic E-state index is 11.9. The Kier molecular flexibility index (Phi) is 13.8. The fourth-order valence-corrected chi connectivity index (χ4v) is 2.73. The number of Topliss-reactive ketones (excluding diaryl/α,β-unsaturated/α-hetero) is 2. The van der Waals surface area contributed by atoms with Crippen molar-refractivity contribution in [2.45, 2.75) is 90.1 Å². The van der Waals surface area contributed by atoms with Crippen molar-refractivity contribution >= 4 is 29.4 Å². The molecule has 0 spiro atoms. The van der Waals surface area contributed by atoms with Crippen LogP contribution in [0.5, 0.6) is 0 Å². The highest BCUT2D eigenvalue weighted by atomic mass is 16.4. The van der Waals surface area contributed by atoms with Gasteiger partial charge in [-0.05, 0) is 39.5 Å². The number of unbranched alkanes of at least 4 members (excludes halogenated alkanes) is 3. The summed E-state index contributed by atoms with van der Waals surface area (Å²) in [4.78, 5) is 56.9. The van der Waals surface area contributed by atoms with Crippen molar-refractivity contribution < 1.29 is 34.2 Å². The molecule has 0 aliphatic heterocycles. The number of aliphatic hydroxyl groups is 1. The van der Waals surface area contributed by atoms with Crippen molar-refractivity contribution in [2.24, 2.45) is 0 Å². The quantitative estimate of drug-likeness (QED) is 0.206. The Labute approximate surface area is 177 Å². The number of aliphatic carboxylic acids is 1. The monoisotopic (exact) mass is 426 g/mol. The van der Waals surface area contributed by atoms with Crippen molar-refractivity contribution in [2.75, 3.05) is 0 Å². The summed E-state index contributed by atoms with van der Waals surface area (Å²) in [6.07, 6.45) is 3.70. The molecule has 0 aliphatic carbocycles. The number of carboxylic acid groups (broad SMARTS) is 1. The lowest BCUT2D eigenvalue weighted by Gasteiger charge is -2.17. The van der Waals surface area contributed by atoms with E-state index in [1.165, 1.54) is 13.8 Å². The highest BCUT2D eigenvalue weighted by Crippen LogP contribution is 2.09. The number of aliphatic hydroxyl groups excluding tert-OH is 1. The number of hydrogen-bond donors (Lipinski definition) is 4. The first-order valence-electron chi connectivity index (χ1n) is 10.2. The fraction of sp³-hybridized carbons (Fsp3) is 0.667. The molecule has 0 heterocycles. The molecule has 9 nitrogen and oxygen atoms in total. The largest absolute Gasteiger partial charge is 0.511 e. The first kappa shape index (κ1) is 27.3. The van der Waals surface area contributed by atoms with Gasteiger partial charge in [0.25, 0.3) is 0 Å². The second kappa shape index (κ2) is 15.2. The molecular formula is C21H34N2O7. The maximum Gasteiger partial charge on any atom is 0.326 e. The minimum Gasteiger partial charge on any atom is -0.511 e. The van der Waals surface area contributed by atoms with E-state index in [4.69, 9.17) is 5.11 Å². The molecule has 0 aromatic carbocycles. The minimum atomic E-state index is -1.16. The van der Waals surface area contributed by atoms with Gasteiger partial charge in [-0.25, -0.2) is 4.79 Å². The molecule has 0 bridgehead atoms. The predicted molar refractivity (Wildman–Crippen MR) is 111 cm³/mol. The normalized spacial score (nSPS) is 12.5. The molecule has 9 heteroatoms. The van der Waals surface area contributed by atoms with Gasteiger partial charge in [0.1, 0.15) is 23.4 Å². The van der Waals surface area contributed by atoms with E-state index in [1.54, 1.807) is 0 Å². The average molecular weight is 427 g/mol. The first-order chi connectivity index (χ1) is 14.0. The number of rotatable bonds is 17. The van der Waals surface area contributed by atoms with Crippen LogP contribution in [0.15, 0.2) is 12.3 Å². The van der Waals surface area contributed by atoms with Crippen LogP contribution in [0.1, 0.15) is 78.1 Å². The molecule has 0 aromatic heterocycles. The van der Waals surface area contributed by atoms with Crippen molar-refractivity contribution in [1.82, 2.24) is 10.6 Å². The Morgan fingerprint density at radius 3 is 1.47 bits per heavy atom. The summed E-state index contributed by atoms with van der Waals surface area (Å²) in [5, 5.41) is 23.7. The Hall–Kier alpha value is -2.71. The van der Waals surface area contributed by atoms with Gasteiger partial charge in [-0.3, -0.25) is 9.59 Å². The van der Waals surface area contributed by atoms with Gasteiger partial charge >= 0.3 is 5.97 Å². The van der Waals surface area contributed by atoms with Gasteiger partial charge in [-0.2, -0.15) is 0 Å². The molecule has 2 unspecified atom stereocenters. The number of ketones is 2. The van der Waals surface area contributed by atoms with Crippen LogP contribution in [0.4, 0.5) is 0 Å². The Morgan fingerprint density at radius 2 is 1.10 bits per heavy atom. The lowest BCUT2D eigenvalue weighted by molar-refractivity contribution is -0.142. The van der Waals surface area contributed by atoms with E-state index in [0.29, 0.717) is 32.1 Å². The average Bonchev–Trinajstić information content (AvgIpc) is 2.63. The van der Waals surface area contributed by atoms with Crippen LogP contribution in [0.3, 0.4) is 0 Å². The smallest absolute Gasteiger partial charge is 0.326 e. The standard InChI is InChI=1S/C21H34N2O7/c1-14(24)10-12-17(16(3)26)22-19(27)8-6-4-5-7-9-20(28)23-18(21(29)30)13-11-15(2)25/h17-18,26H,3-13H2,1-2H3,(H,22,27)(H,23,28)(H,29,30). The third kappa shape index (κ3) is 14.3. The van der Waals surface area contributed by atoms with E-state index < -0.39 is 18.1 Å². The molecule has 0 fully saturated rings. The zero-order valence-corrected chi connectivity index (χ0v) is 17.9. The van der Waals surface area contributed by atoms with Crippen LogP contribution in [0, 0.1) is 0 Å². The van der Waals surface area contributed by atoms with Crippen molar-refractivity contribution in [3.63, 3.8) is 0 Å². The van der Waals surface area contributed by atoms with E-state index in [0.717, 1.165) is 0 Å². The van der Waals surface area contributed by atoms with Gasteiger partial charge in [0.2, 0.25) is 11.8 Å². The second-order valence-corrected chi connectivity index (χ2v) is 7.47. The molecule has 0 rings (SSSR count). The van der Waals surface area contributed by atoms with Gasteiger partial charge in [0.05, 0.1) is 6.04 Å². The van der Waals surface area contributed by atoms with Crippen molar-refractivity contribution in [3.8, 4) is 0 Å². The summed E-state index contributed by atoms with van der Waals surface area (Å²) in [6.45, 7) is 6.22. The topological polar surface area (TPSA) is 150 Å². The van der Waals surface area contributed by atoms with Crippen LogP contribution >= 0.6 is 0 Å². The number of nitrogens with one attached hydrogen (secondary N) is 2. The molecule has 2 atom stereocenters. The third-order valence-corrected chi connectivity index (χ3v) is 4.50. The van der Waals surface area contributed by atoms with Crippen molar-refractivity contribution in [3.05, 3.63) is 12.3 Å². The lowest BCUT2D eigenvalue weighted by atomic mass is 10.1. The van der Waals surface area contributed by atoms with Crippen LogP contribution in [-0.2, 0) is 24.0 Å². The summed E-state index contributed by atoms with van der Waals surface area (Å²) < 4.78 is 0. The zero-order valence-electron chi connectivity index (χ0n) is 17.9. The van der Waals surface area contributed by atoms with Crippen LogP contribution < -0.4 is 10.6 Å². The minimum absolute atomic E-state index is 0.0342. The van der Waals surface area contributed by atoms with Gasteiger partial charge in [-0.1, -0.05) is 19.4 Å². The lowest BCUT2D eigenvalue weighted by Crippen LogP contribution is -2.40. The maximum atomic E-state index is 11.9. The summed E-state index contributed by atoms with van der Waals surface area (Å²) in [5.41, 5.74) is 0. The highest BCUT2D eigenvalue weighted by Gasteiger charge is 2.20. The molecule has 170 valence electrons.